The molecule has 4 nitrogen and oxygen atoms in total. The molecule has 0 unspecified atom stereocenters. The van der Waals surface area contributed by atoms with Gasteiger partial charge in [-0.1, -0.05) is 0 Å². The fourth-order valence-corrected chi connectivity index (χ4v) is 2.23. The summed E-state index contributed by atoms with van der Waals surface area (Å²) in [7, 11) is -3.12. The van der Waals surface area contributed by atoms with Crippen molar-refractivity contribution in [2.75, 3.05) is 19.3 Å². The zero-order valence-corrected chi connectivity index (χ0v) is 9.04. The molecule has 1 saturated heterocycles. The Morgan fingerprint density at radius 1 is 1.57 bits per heavy atom. The average Bonchev–Trinajstić information content (AvgIpc) is 2.18. The smallest absolute Gasteiger partial charge is 0.298 e. The number of hydrogen-bond acceptors (Lipinski definition) is 3. The van der Waals surface area contributed by atoms with Gasteiger partial charge in [0, 0.05) is 29.3 Å². The van der Waals surface area contributed by atoms with Gasteiger partial charge in [0.05, 0.1) is 6.10 Å². The van der Waals surface area contributed by atoms with Crippen LogP contribution in [0.25, 0.3) is 0 Å². The van der Waals surface area contributed by atoms with Gasteiger partial charge in [-0.05, 0) is 18.1 Å². The maximum atomic E-state index is 11.6. The molecule has 0 aliphatic carbocycles. The monoisotopic (exact) mass is 217 g/mol. The lowest BCUT2D eigenvalue weighted by molar-refractivity contribution is 0.0997. The molecule has 1 aliphatic rings. The Morgan fingerprint density at radius 3 is 2.50 bits per heavy atom. The minimum Gasteiger partial charge on any atom is -0.393 e. The highest BCUT2D eigenvalue weighted by molar-refractivity contribution is 8.19. The van der Waals surface area contributed by atoms with Crippen LogP contribution in [0.3, 0.4) is 0 Å². The van der Waals surface area contributed by atoms with Crippen molar-refractivity contribution in [1.29, 1.82) is 0 Å². The summed E-state index contributed by atoms with van der Waals surface area (Å²) in [5.74, 6) is 0. The molecule has 1 N–H and O–H groups in total. The predicted molar refractivity (Wildman–Crippen MR) is 56.5 cm³/mol. The van der Waals surface area contributed by atoms with Crippen LogP contribution in [0.15, 0.2) is 0 Å². The third-order valence-corrected chi connectivity index (χ3v) is 3.85. The molecule has 0 saturated carbocycles. The van der Waals surface area contributed by atoms with Gasteiger partial charge in [-0.2, -0.15) is 0 Å². The number of carbonyl (C=O) groups is 1. The summed E-state index contributed by atoms with van der Waals surface area (Å²) in [6.07, 6.45) is 7.07. The summed E-state index contributed by atoms with van der Waals surface area (Å²) in [4.78, 5) is 13.1. The van der Waals surface area contributed by atoms with E-state index in [2.05, 4.69) is 5.25 Å². The number of terminal acetylenes is 1. The number of rotatable bonds is 0. The highest BCUT2D eigenvalue weighted by Gasteiger charge is 2.27. The summed E-state index contributed by atoms with van der Waals surface area (Å²) in [5, 5.41) is 10.8. The first-order valence-electron chi connectivity index (χ1n) is 4.50. The van der Waals surface area contributed by atoms with Crippen molar-refractivity contribution in [3.05, 3.63) is 0 Å². The lowest BCUT2D eigenvalue weighted by atomic mass is 10.1. The predicted octanol–water partition coefficient (Wildman–Crippen LogP) is -0.200. The van der Waals surface area contributed by atoms with E-state index in [4.69, 9.17) is 6.42 Å². The van der Waals surface area contributed by atoms with Crippen LogP contribution < -0.4 is 0 Å². The standard InChI is InChI=1S/C9H15NO3S/c1-3-14(2,13)9(12)10-6-4-8(11)5-7-10/h1,8,11,14H,4-7H2,2H3. The Bertz CT molecular complexity index is 313. The Balaban J connectivity index is 2.64. The number of aliphatic hydroxyl groups is 1. The van der Waals surface area contributed by atoms with Crippen molar-refractivity contribution >= 4 is 15.2 Å². The second-order valence-electron chi connectivity index (χ2n) is 3.55. The van der Waals surface area contributed by atoms with E-state index in [-0.39, 0.29) is 6.10 Å². The molecule has 0 aromatic rings. The highest BCUT2D eigenvalue weighted by atomic mass is 32.2. The van der Waals surface area contributed by atoms with E-state index in [9.17, 15) is 14.1 Å². The fourth-order valence-electron chi connectivity index (χ4n) is 1.38. The third-order valence-electron chi connectivity index (χ3n) is 2.35. The molecule has 0 atom stereocenters. The number of likely N-dealkylation sites (tertiary alicyclic amines) is 1. The first-order chi connectivity index (χ1) is 6.47. The summed E-state index contributed by atoms with van der Waals surface area (Å²) in [6, 6.07) is 0. The summed E-state index contributed by atoms with van der Waals surface area (Å²) < 4.78 is 11.6. The zero-order chi connectivity index (χ0) is 10.8. The van der Waals surface area contributed by atoms with Gasteiger partial charge in [-0.25, -0.2) is 0 Å². The maximum Gasteiger partial charge on any atom is 0.298 e. The lowest BCUT2D eigenvalue weighted by Crippen LogP contribution is -2.43. The SMILES string of the molecule is C#C[SH](C)(=O)C(=O)N1CCC(O)CC1. The molecule has 0 bridgehead atoms. The number of piperidine rings is 1. The normalized spacial score (nSPS) is 20.2. The van der Waals surface area contributed by atoms with Gasteiger partial charge in [-0.3, -0.25) is 9.00 Å². The first kappa shape index (κ1) is 11.2. The van der Waals surface area contributed by atoms with Gasteiger partial charge in [0.1, 0.15) is 0 Å². The average molecular weight is 217 g/mol. The molecule has 1 rings (SSSR count). The maximum absolute atomic E-state index is 11.6. The van der Waals surface area contributed by atoms with E-state index in [1.807, 2.05) is 0 Å². The number of aliphatic hydroxyl groups excluding tert-OH is 1. The number of hydrogen-bond donors (Lipinski definition) is 2. The van der Waals surface area contributed by atoms with E-state index in [0.29, 0.717) is 25.9 Å². The van der Waals surface area contributed by atoms with Gasteiger partial charge in [0.25, 0.3) is 5.24 Å². The Morgan fingerprint density at radius 2 is 2.07 bits per heavy atom. The molecule has 0 radical (unpaired) electrons. The van der Waals surface area contributed by atoms with Crippen molar-refractivity contribution in [3.8, 4) is 11.7 Å². The number of thiol groups is 1. The molecule has 80 valence electrons. The summed E-state index contributed by atoms with van der Waals surface area (Å²) >= 11 is 0. The topological polar surface area (TPSA) is 57.6 Å². The molecule has 0 spiro atoms. The quantitative estimate of drug-likeness (QED) is 0.436. The van der Waals surface area contributed by atoms with Gasteiger partial charge < -0.3 is 10.0 Å². The lowest BCUT2D eigenvalue weighted by Gasteiger charge is -2.31. The molecular weight excluding hydrogens is 202 g/mol. The first-order valence-corrected chi connectivity index (χ1v) is 6.65. The largest absolute Gasteiger partial charge is 0.393 e. The van der Waals surface area contributed by atoms with Crippen LogP contribution in [0, 0.1) is 11.7 Å². The fraction of sp³-hybridized carbons (Fsp3) is 0.667. The number of carbonyl (C=O) groups excluding carboxylic acids is 1. The van der Waals surface area contributed by atoms with Crippen molar-refractivity contribution < 1.29 is 14.1 Å². The van der Waals surface area contributed by atoms with Crippen LogP contribution in [0.4, 0.5) is 4.79 Å². The molecule has 1 heterocycles. The Kier molecular flexibility index (Phi) is 3.29. The van der Waals surface area contributed by atoms with Crippen molar-refractivity contribution in [3.63, 3.8) is 0 Å². The highest BCUT2D eigenvalue weighted by Crippen LogP contribution is 2.14. The van der Waals surface area contributed by atoms with Crippen LogP contribution in [0.2, 0.25) is 0 Å². The second kappa shape index (κ2) is 4.11. The van der Waals surface area contributed by atoms with Gasteiger partial charge in [0.15, 0.2) is 0 Å². The summed E-state index contributed by atoms with van der Waals surface area (Å²) in [5.41, 5.74) is 0. The minimum absolute atomic E-state index is 0.346. The summed E-state index contributed by atoms with van der Waals surface area (Å²) in [6.45, 7) is 0.888. The van der Waals surface area contributed by atoms with Crippen LogP contribution in [0.5, 0.6) is 0 Å². The van der Waals surface area contributed by atoms with Gasteiger partial charge in [0.2, 0.25) is 0 Å². The van der Waals surface area contributed by atoms with Crippen LogP contribution in [0.1, 0.15) is 12.8 Å². The second-order valence-corrected chi connectivity index (χ2v) is 6.04. The van der Waals surface area contributed by atoms with Crippen LogP contribution >= 0.6 is 0 Å². The third kappa shape index (κ3) is 2.34. The van der Waals surface area contributed by atoms with E-state index in [1.54, 1.807) is 0 Å². The molecule has 1 fully saturated rings. The molecule has 5 heteroatoms. The van der Waals surface area contributed by atoms with E-state index < -0.39 is 15.2 Å². The Labute approximate surface area is 84.7 Å². The van der Waals surface area contributed by atoms with Crippen molar-refractivity contribution in [2.45, 2.75) is 18.9 Å². The van der Waals surface area contributed by atoms with Crippen molar-refractivity contribution in [1.82, 2.24) is 4.90 Å². The van der Waals surface area contributed by atoms with E-state index >= 15 is 0 Å². The Hall–Kier alpha value is -0.860. The van der Waals surface area contributed by atoms with Crippen molar-refractivity contribution in [2.24, 2.45) is 0 Å². The van der Waals surface area contributed by atoms with Gasteiger partial charge >= 0.3 is 0 Å². The van der Waals surface area contributed by atoms with Crippen LogP contribution in [-0.2, 0) is 9.93 Å². The number of amides is 1. The zero-order valence-electron chi connectivity index (χ0n) is 8.14. The molecule has 14 heavy (non-hydrogen) atoms. The molecule has 1 amide bonds. The number of nitrogens with zero attached hydrogens (tertiary/aromatic N) is 1. The van der Waals surface area contributed by atoms with Crippen LogP contribution in [-0.4, -0.2) is 44.9 Å². The minimum atomic E-state index is -3.12. The van der Waals surface area contributed by atoms with E-state index in [0.717, 1.165) is 0 Å². The molecule has 0 aromatic heterocycles. The van der Waals surface area contributed by atoms with Gasteiger partial charge in [-0.15, -0.1) is 6.42 Å². The van der Waals surface area contributed by atoms with E-state index in [1.165, 1.54) is 11.2 Å². The molecule has 1 aliphatic heterocycles. The molecular formula is C9H15NO3S. The molecule has 0 aromatic carbocycles.